The molecule has 16 heavy (non-hydrogen) atoms. The molecular weight excluding hydrogens is 222 g/mol. The number of rotatable bonds is 5. The molecule has 1 N–H and O–H groups in total. The van der Waals surface area contributed by atoms with Gasteiger partial charge in [-0.2, -0.15) is 5.10 Å². The molecule has 0 amide bonds. The maximum Gasteiger partial charge on any atom is 0.0834 e. The average Bonchev–Trinajstić information content (AvgIpc) is 2.56. The Kier molecular flexibility index (Phi) is 4.39. The highest BCUT2D eigenvalue weighted by Crippen LogP contribution is 2.38. The summed E-state index contributed by atoms with van der Waals surface area (Å²) in [6.07, 6.45) is 2.80. The van der Waals surface area contributed by atoms with E-state index in [1.807, 2.05) is 11.7 Å². The van der Waals surface area contributed by atoms with E-state index < -0.39 is 0 Å². The Balaban J connectivity index is 3.12. The Morgan fingerprint density at radius 1 is 1.50 bits per heavy atom. The summed E-state index contributed by atoms with van der Waals surface area (Å²) in [7, 11) is 1.94. The molecule has 0 bridgehead atoms. The molecule has 0 aliphatic rings. The van der Waals surface area contributed by atoms with Gasteiger partial charge in [0.15, 0.2) is 0 Å². The van der Waals surface area contributed by atoms with E-state index in [2.05, 4.69) is 38.1 Å². The Labute approximate surface area is 103 Å². The van der Waals surface area contributed by atoms with Crippen molar-refractivity contribution in [2.45, 2.75) is 40.2 Å². The number of nitrogens with one attached hydrogen (secondary N) is 1. The van der Waals surface area contributed by atoms with Gasteiger partial charge in [0, 0.05) is 7.05 Å². The third kappa shape index (κ3) is 2.58. The van der Waals surface area contributed by atoms with Crippen LogP contribution in [0.5, 0.6) is 0 Å². The quantitative estimate of drug-likeness (QED) is 0.861. The lowest BCUT2D eigenvalue weighted by molar-refractivity contribution is 0.228. The Morgan fingerprint density at radius 3 is 2.50 bits per heavy atom. The number of halogens is 1. The number of aromatic nitrogens is 2. The molecule has 0 aromatic carbocycles. The van der Waals surface area contributed by atoms with Crippen molar-refractivity contribution in [3.8, 4) is 0 Å². The summed E-state index contributed by atoms with van der Waals surface area (Å²) < 4.78 is 1.87. The molecule has 0 aliphatic heterocycles. The SMILES string of the molecule is CCNC(c1c(Cl)cnn1C)C(C)(C)CC. The second kappa shape index (κ2) is 5.19. The molecule has 1 rings (SSSR count). The van der Waals surface area contributed by atoms with E-state index in [0.717, 1.165) is 23.7 Å². The Hall–Kier alpha value is -0.540. The van der Waals surface area contributed by atoms with Crippen LogP contribution in [0, 0.1) is 5.41 Å². The second-order valence-corrected chi connectivity index (χ2v) is 5.24. The predicted molar refractivity (Wildman–Crippen MR) is 68.7 cm³/mol. The van der Waals surface area contributed by atoms with E-state index in [1.165, 1.54) is 0 Å². The van der Waals surface area contributed by atoms with Crippen LogP contribution in [0.3, 0.4) is 0 Å². The summed E-state index contributed by atoms with van der Waals surface area (Å²) in [5, 5.41) is 8.47. The number of hydrogen-bond donors (Lipinski definition) is 1. The second-order valence-electron chi connectivity index (χ2n) is 4.83. The minimum atomic E-state index is 0.160. The first-order valence-electron chi connectivity index (χ1n) is 5.84. The smallest absolute Gasteiger partial charge is 0.0834 e. The fourth-order valence-electron chi connectivity index (χ4n) is 1.90. The van der Waals surface area contributed by atoms with E-state index in [1.54, 1.807) is 6.20 Å². The van der Waals surface area contributed by atoms with Gasteiger partial charge >= 0.3 is 0 Å². The van der Waals surface area contributed by atoms with Crippen molar-refractivity contribution in [3.05, 3.63) is 16.9 Å². The molecule has 1 aromatic heterocycles. The van der Waals surface area contributed by atoms with Crippen molar-refractivity contribution in [2.24, 2.45) is 12.5 Å². The highest BCUT2D eigenvalue weighted by Gasteiger charge is 2.32. The van der Waals surface area contributed by atoms with Crippen LogP contribution in [0.4, 0.5) is 0 Å². The van der Waals surface area contributed by atoms with Crippen LogP contribution in [-0.2, 0) is 7.05 Å². The molecule has 0 radical (unpaired) electrons. The Morgan fingerprint density at radius 2 is 2.12 bits per heavy atom. The first-order valence-corrected chi connectivity index (χ1v) is 6.22. The predicted octanol–water partition coefficient (Wildman–Crippen LogP) is 3.16. The zero-order valence-electron chi connectivity index (χ0n) is 10.8. The maximum absolute atomic E-state index is 6.22. The van der Waals surface area contributed by atoms with Crippen LogP contribution in [-0.4, -0.2) is 16.3 Å². The normalized spacial score (nSPS) is 14.1. The van der Waals surface area contributed by atoms with Crippen molar-refractivity contribution >= 4 is 11.6 Å². The third-order valence-electron chi connectivity index (χ3n) is 3.31. The summed E-state index contributed by atoms with van der Waals surface area (Å²) in [6.45, 7) is 9.75. The highest BCUT2D eigenvalue weighted by molar-refractivity contribution is 6.31. The molecule has 4 heteroatoms. The van der Waals surface area contributed by atoms with Crippen molar-refractivity contribution in [2.75, 3.05) is 6.54 Å². The molecule has 0 fully saturated rings. The maximum atomic E-state index is 6.22. The first kappa shape index (κ1) is 13.5. The summed E-state index contributed by atoms with van der Waals surface area (Å²) in [5.41, 5.74) is 1.24. The molecule has 0 saturated heterocycles. The molecule has 1 heterocycles. The highest BCUT2D eigenvalue weighted by atomic mass is 35.5. The number of aryl methyl sites for hydroxylation is 1. The first-order chi connectivity index (χ1) is 7.44. The van der Waals surface area contributed by atoms with Crippen LogP contribution in [0.25, 0.3) is 0 Å². The molecule has 0 saturated carbocycles. The van der Waals surface area contributed by atoms with Gasteiger partial charge in [-0.05, 0) is 18.4 Å². The molecule has 0 aliphatic carbocycles. The third-order valence-corrected chi connectivity index (χ3v) is 3.60. The van der Waals surface area contributed by atoms with Gasteiger partial charge in [-0.3, -0.25) is 4.68 Å². The van der Waals surface area contributed by atoms with Crippen LogP contribution >= 0.6 is 11.6 Å². The van der Waals surface area contributed by atoms with E-state index in [0.29, 0.717) is 0 Å². The van der Waals surface area contributed by atoms with Gasteiger partial charge in [0.05, 0.1) is 23.0 Å². The monoisotopic (exact) mass is 243 g/mol. The average molecular weight is 244 g/mol. The number of nitrogens with zero attached hydrogens (tertiary/aromatic N) is 2. The van der Waals surface area contributed by atoms with Gasteiger partial charge in [0.2, 0.25) is 0 Å². The fraction of sp³-hybridized carbons (Fsp3) is 0.750. The van der Waals surface area contributed by atoms with Gasteiger partial charge in [-0.25, -0.2) is 0 Å². The van der Waals surface area contributed by atoms with Crippen molar-refractivity contribution in [1.82, 2.24) is 15.1 Å². The molecule has 1 aromatic rings. The van der Waals surface area contributed by atoms with Crippen LogP contribution in [0.15, 0.2) is 6.20 Å². The lowest BCUT2D eigenvalue weighted by Gasteiger charge is -2.34. The largest absolute Gasteiger partial charge is 0.308 e. The van der Waals surface area contributed by atoms with E-state index in [-0.39, 0.29) is 11.5 Å². The Bertz CT molecular complexity index is 325. The van der Waals surface area contributed by atoms with Gasteiger partial charge in [-0.1, -0.05) is 39.3 Å². The van der Waals surface area contributed by atoms with Crippen LogP contribution < -0.4 is 5.32 Å². The van der Waals surface area contributed by atoms with Gasteiger partial charge in [0.1, 0.15) is 0 Å². The minimum absolute atomic E-state index is 0.160. The van der Waals surface area contributed by atoms with Crippen LogP contribution in [0.2, 0.25) is 5.02 Å². The lowest BCUT2D eigenvalue weighted by atomic mass is 9.80. The standard InChI is InChI=1S/C12H22ClN3/c1-6-12(3,4)11(14-7-2)10-9(13)8-15-16(10)5/h8,11,14H,6-7H2,1-5H3. The van der Waals surface area contributed by atoms with Crippen LogP contribution in [0.1, 0.15) is 45.9 Å². The van der Waals surface area contributed by atoms with Crippen molar-refractivity contribution in [3.63, 3.8) is 0 Å². The molecular formula is C12H22ClN3. The summed E-state index contributed by atoms with van der Waals surface area (Å²) in [4.78, 5) is 0. The topological polar surface area (TPSA) is 29.9 Å². The minimum Gasteiger partial charge on any atom is -0.308 e. The van der Waals surface area contributed by atoms with Gasteiger partial charge in [-0.15, -0.1) is 0 Å². The molecule has 3 nitrogen and oxygen atoms in total. The van der Waals surface area contributed by atoms with Gasteiger partial charge < -0.3 is 5.32 Å². The summed E-state index contributed by atoms with van der Waals surface area (Å²) in [5.74, 6) is 0. The van der Waals surface area contributed by atoms with Crippen molar-refractivity contribution < 1.29 is 0 Å². The molecule has 0 spiro atoms. The summed E-state index contributed by atoms with van der Waals surface area (Å²) in [6, 6.07) is 0.238. The lowest BCUT2D eigenvalue weighted by Crippen LogP contribution is -2.35. The molecule has 1 unspecified atom stereocenters. The van der Waals surface area contributed by atoms with Crippen molar-refractivity contribution in [1.29, 1.82) is 0 Å². The van der Waals surface area contributed by atoms with Gasteiger partial charge in [0.25, 0.3) is 0 Å². The zero-order valence-corrected chi connectivity index (χ0v) is 11.6. The zero-order chi connectivity index (χ0) is 12.3. The molecule has 92 valence electrons. The summed E-state index contributed by atoms with van der Waals surface area (Å²) >= 11 is 6.22. The van der Waals surface area contributed by atoms with E-state index in [9.17, 15) is 0 Å². The molecule has 1 atom stereocenters. The fourth-order valence-corrected chi connectivity index (χ4v) is 2.17. The van der Waals surface area contributed by atoms with E-state index in [4.69, 9.17) is 11.6 Å². The van der Waals surface area contributed by atoms with E-state index >= 15 is 0 Å². The number of hydrogen-bond acceptors (Lipinski definition) is 2.